The fourth-order valence-electron chi connectivity index (χ4n) is 1.61. The van der Waals surface area contributed by atoms with Crippen molar-refractivity contribution < 1.29 is 0 Å². The van der Waals surface area contributed by atoms with Crippen LogP contribution in [-0.4, -0.2) is 9.97 Å². The lowest BCUT2D eigenvalue weighted by molar-refractivity contribution is 1.02. The van der Waals surface area contributed by atoms with Crippen LogP contribution in [0.25, 0.3) is 0 Å². The van der Waals surface area contributed by atoms with E-state index in [9.17, 15) is 0 Å². The predicted octanol–water partition coefficient (Wildman–Crippen LogP) is 3.26. The Morgan fingerprint density at radius 3 is 2.78 bits per heavy atom. The van der Waals surface area contributed by atoms with E-state index in [4.69, 9.17) is 5.26 Å². The summed E-state index contributed by atoms with van der Waals surface area (Å²) in [5.41, 5.74) is 4.17. The highest BCUT2D eigenvalue weighted by Gasteiger charge is 2.06. The molecule has 3 nitrogen and oxygen atoms in total. The lowest BCUT2D eigenvalue weighted by atomic mass is 10.1. The summed E-state index contributed by atoms with van der Waals surface area (Å²) >= 11 is 1.55. The molecule has 4 heteroatoms. The number of nitriles is 1. The van der Waals surface area contributed by atoms with E-state index in [1.165, 1.54) is 16.7 Å². The normalized spacial score (nSPS) is 10.1. The average Bonchev–Trinajstić information content (AvgIpc) is 2.40. The van der Waals surface area contributed by atoms with Gasteiger partial charge in [0.15, 0.2) is 5.69 Å². The molecule has 1 heterocycles. The van der Waals surface area contributed by atoms with Gasteiger partial charge in [-0.15, -0.1) is 0 Å². The first-order valence-electron chi connectivity index (χ1n) is 5.60. The van der Waals surface area contributed by atoms with Crippen LogP contribution in [-0.2, 0) is 5.75 Å². The fourth-order valence-corrected chi connectivity index (χ4v) is 2.58. The van der Waals surface area contributed by atoms with Crippen molar-refractivity contribution in [2.45, 2.75) is 24.6 Å². The van der Waals surface area contributed by atoms with Gasteiger partial charge in [0.05, 0.1) is 0 Å². The van der Waals surface area contributed by atoms with Crippen molar-refractivity contribution in [3.8, 4) is 6.07 Å². The van der Waals surface area contributed by atoms with E-state index in [-0.39, 0.29) is 0 Å². The van der Waals surface area contributed by atoms with E-state index in [0.29, 0.717) is 10.7 Å². The third-order valence-corrected chi connectivity index (χ3v) is 3.67. The van der Waals surface area contributed by atoms with Crippen LogP contribution >= 0.6 is 11.8 Å². The van der Waals surface area contributed by atoms with Crippen LogP contribution in [0.3, 0.4) is 0 Å². The van der Waals surface area contributed by atoms with Crippen LogP contribution in [0.2, 0.25) is 0 Å². The summed E-state index contributed by atoms with van der Waals surface area (Å²) in [6, 6.07) is 8.46. The molecule has 0 aliphatic heterocycles. The van der Waals surface area contributed by atoms with Crippen LogP contribution in [0.5, 0.6) is 0 Å². The summed E-state index contributed by atoms with van der Waals surface area (Å²) in [6.45, 7) is 4.17. The van der Waals surface area contributed by atoms with Gasteiger partial charge >= 0.3 is 0 Å². The first-order valence-corrected chi connectivity index (χ1v) is 6.59. The second-order valence-corrected chi connectivity index (χ2v) is 5.00. The molecule has 2 aromatic rings. The Hall–Kier alpha value is -1.86. The molecule has 18 heavy (non-hydrogen) atoms. The number of nitrogens with zero attached hydrogens (tertiary/aromatic N) is 3. The molecule has 0 fully saturated rings. The molecule has 0 aliphatic rings. The molecule has 0 amide bonds. The zero-order valence-electron chi connectivity index (χ0n) is 10.3. The van der Waals surface area contributed by atoms with Crippen molar-refractivity contribution in [2.75, 3.05) is 0 Å². The Morgan fingerprint density at radius 2 is 2.00 bits per heavy atom. The highest BCUT2D eigenvalue weighted by atomic mass is 32.2. The van der Waals surface area contributed by atoms with Crippen LogP contribution < -0.4 is 0 Å². The zero-order valence-corrected chi connectivity index (χ0v) is 11.2. The monoisotopic (exact) mass is 255 g/mol. The Bertz CT molecular complexity index is 602. The largest absolute Gasteiger partial charge is 0.245 e. The second kappa shape index (κ2) is 5.65. The van der Waals surface area contributed by atoms with Crippen LogP contribution in [0.15, 0.2) is 35.6 Å². The summed E-state index contributed by atoms with van der Waals surface area (Å²) in [6.07, 6.45) is 3.16. The van der Waals surface area contributed by atoms with Crippen molar-refractivity contribution in [1.82, 2.24) is 9.97 Å². The summed E-state index contributed by atoms with van der Waals surface area (Å²) in [4.78, 5) is 8.20. The number of rotatable bonds is 3. The number of benzene rings is 1. The highest BCUT2D eigenvalue weighted by Crippen LogP contribution is 2.24. The maximum atomic E-state index is 8.95. The first kappa shape index (κ1) is 12.6. The molecule has 0 saturated heterocycles. The van der Waals surface area contributed by atoms with Crippen molar-refractivity contribution in [2.24, 2.45) is 0 Å². The van der Waals surface area contributed by atoms with Crippen LogP contribution in [0, 0.1) is 25.2 Å². The standard InChI is InChI=1S/C14H13N3S/c1-10-3-4-11(2)12(7-10)9-18-14-13(8-15)16-5-6-17-14/h3-7H,9H2,1-2H3. The number of hydrogen-bond acceptors (Lipinski definition) is 4. The minimum absolute atomic E-state index is 0.396. The van der Waals surface area contributed by atoms with Gasteiger partial charge in [0.1, 0.15) is 11.1 Å². The smallest absolute Gasteiger partial charge is 0.172 e. The topological polar surface area (TPSA) is 49.6 Å². The number of thioether (sulfide) groups is 1. The Kier molecular flexibility index (Phi) is 3.96. The van der Waals surface area contributed by atoms with Gasteiger partial charge in [0.2, 0.25) is 0 Å². The zero-order chi connectivity index (χ0) is 13.0. The molecular weight excluding hydrogens is 242 g/mol. The summed E-state index contributed by atoms with van der Waals surface area (Å²) in [5, 5.41) is 9.64. The van der Waals surface area contributed by atoms with Gasteiger partial charge in [-0.1, -0.05) is 35.5 Å². The molecule has 0 aliphatic carbocycles. The predicted molar refractivity (Wildman–Crippen MR) is 72.2 cm³/mol. The third kappa shape index (κ3) is 2.88. The van der Waals surface area contributed by atoms with Gasteiger partial charge in [-0.2, -0.15) is 5.26 Å². The number of hydrogen-bond donors (Lipinski definition) is 0. The fraction of sp³-hybridized carbons (Fsp3) is 0.214. The molecule has 2 rings (SSSR count). The maximum absolute atomic E-state index is 8.95. The van der Waals surface area contributed by atoms with Gasteiger partial charge in [0.25, 0.3) is 0 Å². The Morgan fingerprint density at radius 1 is 1.22 bits per heavy atom. The van der Waals surface area contributed by atoms with Gasteiger partial charge in [-0.3, -0.25) is 0 Å². The second-order valence-electron chi connectivity index (χ2n) is 4.04. The molecule has 0 N–H and O–H groups in total. The van der Waals surface area contributed by atoms with E-state index < -0.39 is 0 Å². The Balaban J connectivity index is 2.17. The molecule has 0 saturated carbocycles. The van der Waals surface area contributed by atoms with E-state index in [2.05, 4.69) is 48.1 Å². The molecule has 0 spiro atoms. The van der Waals surface area contributed by atoms with E-state index in [1.54, 1.807) is 24.2 Å². The summed E-state index contributed by atoms with van der Waals surface area (Å²) < 4.78 is 0. The van der Waals surface area contributed by atoms with Crippen molar-refractivity contribution >= 4 is 11.8 Å². The molecule has 90 valence electrons. The first-order chi connectivity index (χ1) is 8.70. The van der Waals surface area contributed by atoms with E-state index in [1.807, 2.05) is 0 Å². The molecule has 0 bridgehead atoms. The molecule has 0 atom stereocenters. The minimum atomic E-state index is 0.396. The maximum Gasteiger partial charge on any atom is 0.172 e. The summed E-state index contributed by atoms with van der Waals surface area (Å²) in [5.74, 6) is 0.806. The number of aromatic nitrogens is 2. The van der Waals surface area contributed by atoms with Gasteiger partial charge in [-0.05, 0) is 25.0 Å². The minimum Gasteiger partial charge on any atom is -0.245 e. The molecule has 0 radical (unpaired) electrons. The van der Waals surface area contributed by atoms with Crippen molar-refractivity contribution in [3.63, 3.8) is 0 Å². The summed E-state index contributed by atoms with van der Waals surface area (Å²) in [7, 11) is 0. The van der Waals surface area contributed by atoms with Crippen LogP contribution in [0.4, 0.5) is 0 Å². The van der Waals surface area contributed by atoms with E-state index >= 15 is 0 Å². The molecular formula is C14H13N3S. The molecule has 1 aromatic heterocycles. The Labute approximate surface area is 111 Å². The van der Waals surface area contributed by atoms with Gasteiger partial charge < -0.3 is 0 Å². The van der Waals surface area contributed by atoms with Gasteiger partial charge in [-0.25, -0.2) is 9.97 Å². The number of aryl methyl sites for hydroxylation is 2. The SMILES string of the molecule is Cc1ccc(C)c(CSc2nccnc2C#N)c1. The molecule has 1 aromatic carbocycles. The van der Waals surface area contributed by atoms with Crippen molar-refractivity contribution in [3.05, 3.63) is 53.0 Å². The van der Waals surface area contributed by atoms with Gasteiger partial charge in [0, 0.05) is 18.1 Å². The van der Waals surface area contributed by atoms with Crippen LogP contribution in [0.1, 0.15) is 22.4 Å². The lowest BCUT2D eigenvalue weighted by Crippen LogP contribution is -1.92. The molecule has 0 unspecified atom stereocenters. The third-order valence-electron chi connectivity index (χ3n) is 2.64. The lowest BCUT2D eigenvalue weighted by Gasteiger charge is -2.06. The average molecular weight is 255 g/mol. The van der Waals surface area contributed by atoms with E-state index in [0.717, 1.165) is 5.75 Å². The quantitative estimate of drug-likeness (QED) is 0.790. The highest BCUT2D eigenvalue weighted by molar-refractivity contribution is 7.98. The van der Waals surface area contributed by atoms with Crippen molar-refractivity contribution in [1.29, 1.82) is 5.26 Å².